The van der Waals surface area contributed by atoms with Crippen LogP contribution in [0.1, 0.15) is 103 Å². The van der Waals surface area contributed by atoms with E-state index >= 15 is 0 Å². The van der Waals surface area contributed by atoms with Crippen molar-refractivity contribution in [3.05, 3.63) is 52.1 Å². The Morgan fingerprint density at radius 2 is 1.74 bits per heavy atom. The summed E-state index contributed by atoms with van der Waals surface area (Å²) in [6.45, 7) is 3.29. The molecule has 1 aromatic rings. The monoisotopic (exact) mass is 604 g/mol. The number of unbranched alkanes of at least 4 members (excludes halogenated alkanes) is 5. The Labute approximate surface area is 254 Å². The second-order valence-electron chi connectivity index (χ2n) is 11.4. The number of carbonyl (C=O) groups excluding carboxylic acids is 3. The van der Waals surface area contributed by atoms with E-state index in [4.69, 9.17) is 4.74 Å². The number of ketones is 1. The smallest absolute Gasteiger partial charge is 0.333 e. The number of nitrogens with zero attached hydrogens (tertiary/aromatic N) is 1. The summed E-state index contributed by atoms with van der Waals surface area (Å²) < 4.78 is 5.31. The number of allylic oxidation sites excluding steroid dienone is 2. The van der Waals surface area contributed by atoms with Crippen LogP contribution < -0.4 is 10.1 Å². The van der Waals surface area contributed by atoms with Gasteiger partial charge in [0.2, 0.25) is 5.91 Å². The van der Waals surface area contributed by atoms with Crippen LogP contribution in [0.2, 0.25) is 0 Å². The Hall–Kier alpha value is -3.31. The molecule has 0 saturated heterocycles. The van der Waals surface area contributed by atoms with Gasteiger partial charge in [0.15, 0.2) is 0 Å². The number of aliphatic hydroxyl groups excluding tert-OH is 2. The average Bonchev–Trinajstić information content (AvgIpc) is 3.24. The third kappa shape index (κ3) is 13.7. The fraction of sp³-hybridized carbons (Fsp3) is 0.656. The highest BCUT2D eigenvalue weighted by Gasteiger charge is 2.40. The summed E-state index contributed by atoms with van der Waals surface area (Å²) >= 11 is 0. The summed E-state index contributed by atoms with van der Waals surface area (Å²) in [6.07, 6.45) is 12.1. The van der Waals surface area contributed by atoms with Crippen molar-refractivity contribution >= 4 is 17.7 Å². The van der Waals surface area contributed by atoms with Crippen LogP contribution in [0.25, 0.3) is 0 Å². The van der Waals surface area contributed by atoms with Crippen LogP contribution in [0.3, 0.4) is 0 Å². The molecule has 43 heavy (non-hydrogen) atoms. The quantitative estimate of drug-likeness (QED) is 0.0438. The molecule has 1 saturated carbocycles. The van der Waals surface area contributed by atoms with Crippen molar-refractivity contribution in [3.63, 3.8) is 0 Å². The molecule has 0 radical (unpaired) electrons. The Balaban J connectivity index is 1.69. The van der Waals surface area contributed by atoms with E-state index in [1.54, 1.807) is 12.1 Å². The van der Waals surface area contributed by atoms with Gasteiger partial charge in [-0.1, -0.05) is 63.0 Å². The van der Waals surface area contributed by atoms with Crippen molar-refractivity contribution < 1.29 is 39.3 Å². The van der Waals surface area contributed by atoms with Gasteiger partial charge >= 0.3 is 5.97 Å². The highest BCUT2D eigenvalue weighted by atomic mass is 16.9. The fourth-order valence-electron chi connectivity index (χ4n) is 5.45. The average molecular weight is 605 g/mol. The summed E-state index contributed by atoms with van der Waals surface area (Å²) in [5.74, 6) is -0.882. The molecule has 0 heterocycles. The lowest BCUT2D eigenvalue weighted by Crippen LogP contribution is -2.40. The number of para-hydroxylation sites is 1. The van der Waals surface area contributed by atoms with Crippen LogP contribution in [0.4, 0.5) is 0 Å². The molecule has 5 atom stereocenters. The number of Topliss-reactive ketones (excluding diaryl/α,β-unsaturated/α-hetero) is 1. The lowest BCUT2D eigenvalue weighted by molar-refractivity contribution is -0.763. The van der Waals surface area contributed by atoms with Crippen LogP contribution in [-0.4, -0.2) is 51.2 Å². The van der Waals surface area contributed by atoms with Gasteiger partial charge in [0, 0.05) is 24.8 Å². The van der Waals surface area contributed by atoms with Crippen LogP contribution in [0.5, 0.6) is 5.75 Å². The van der Waals surface area contributed by atoms with E-state index in [0.717, 1.165) is 19.3 Å². The zero-order valence-electron chi connectivity index (χ0n) is 25.4. The van der Waals surface area contributed by atoms with Crippen LogP contribution >= 0.6 is 0 Å². The molecule has 0 bridgehead atoms. The predicted octanol–water partition coefficient (Wildman–Crippen LogP) is 4.99. The van der Waals surface area contributed by atoms with E-state index in [0.29, 0.717) is 50.5 Å². The van der Waals surface area contributed by atoms with E-state index in [-0.39, 0.29) is 42.3 Å². The number of ether oxygens (including phenoxy) is 1. The number of nitrogens with one attached hydrogen (secondary N) is 1. The topological polar surface area (TPSA) is 165 Å². The molecule has 11 heteroatoms. The summed E-state index contributed by atoms with van der Waals surface area (Å²) in [4.78, 5) is 51.9. The van der Waals surface area contributed by atoms with E-state index in [1.807, 2.05) is 12.2 Å². The summed E-state index contributed by atoms with van der Waals surface area (Å²) in [6, 6.07) is 5.35. The van der Waals surface area contributed by atoms with Crippen molar-refractivity contribution in [3.8, 4) is 5.75 Å². The SMILES string of the molecule is CCCCCCCC(=O)CC[C@@H]1[C@@H](CC=CCCCC(=O)NC(C)C(=O)Oc2ccccc2CO[N+](=O)[O-])[C@@H](O)C[C@H]1O. The number of benzene rings is 1. The molecule has 1 fully saturated rings. The van der Waals surface area contributed by atoms with Crippen molar-refractivity contribution in [1.29, 1.82) is 0 Å². The lowest BCUT2D eigenvalue weighted by atomic mass is 9.86. The van der Waals surface area contributed by atoms with Gasteiger partial charge in [0.05, 0.1) is 12.2 Å². The Morgan fingerprint density at radius 1 is 1.02 bits per heavy atom. The van der Waals surface area contributed by atoms with Crippen molar-refractivity contribution in [2.45, 2.75) is 122 Å². The zero-order valence-corrected chi connectivity index (χ0v) is 25.4. The van der Waals surface area contributed by atoms with E-state index in [2.05, 4.69) is 17.1 Å². The van der Waals surface area contributed by atoms with E-state index in [1.165, 1.54) is 31.9 Å². The standard InChI is InChI=1S/C32H48N2O9/c1-3-4-5-6-9-15-25(35)19-20-27-26(28(36)21-29(27)37)16-10-7-8-11-18-31(38)33-23(2)32(39)43-30-17-13-12-14-24(30)22-42-34(40)41/h7,10,12-14,17,23,26-29,36-37H,3-6,8-9,11,15-16,18-22H2,1-2H3,(H,33,38)/t23?,26-,27-,28+,29-/m1/s1. The second-order valence-corrected chi connectivity index (χ2v) is 11.4. The first-order valence-electron chi connectivity index (χ1n) is 15.5. The third-order valence-corrected chi connectivity index (χ3v) is 7.93. The first-order valence-corrected chi connectivity index (χ1v) is 15.5. The van der Waals surface area contributed by atoms with Gasteiger partial charge in [-0.15, -0.1) is 10.1 Å². The van der Waals surface area contributed by atoms with Gasteiger partial charge in [-0.25, -0.2) is 4.79 Å². The number of esters is 1. The molecule has 0 spiro atoms. The number of hydrogen-bond donors (Lipinski definition) is 3. The number of amides is 1. The van der Waals surface area contributed by atoms with Crippen LogP contribution in [0.15, 0.2) is 36.4 Å². The molecular weight excluding hydrogens is 556 g/mol. The van der Waals surface area contributed by atoms with Crippen LogP contribution in [0, 0.1) is 22.0 Å². The first kappa shape index (κ1) is 35.9. The van der Waals surface area contributed by atoms with Crippen molar-refractivity contribution in [2.24, 2.45) is 11.8 Å². The van der Waals surface area contributed by atoms with Gasteiger partial charge in [-0.2, -0.15) is 0 Å². The molecule has 1 aliphatic rings. The van der Waals surface area contributed by atoms with E-state index in [9.17, 15) is 34.7 Å². The largest absolute Gasteiger partial charge is 0.425 e. The van der Waals surface area contributed by atoms with Gasteiger partial charge in [0.25, 0.3) is 5.09 Å². The second kappa shape index (κ2) is 19.8. The Kier molecular flexibility index (Phi) is 16.5. The molecule has 1 amide bonds. The minimum absolute atomic E-state index is 0.102. The molecule has 2 rings (SSSR count). The van der Waals surface area contributed by atoms with E-state index < -0.39 is 29.3 Å². The third-order valence-electron chi connectivity index (χ3n) is 7.93. The summed E-state index contributed by atoms with van der Waals surface area (Å²) in [5, 5.41) is 33.1. The number of hydrogen-bond acceptors (Lipinski definition) is 9. The number of carbonyl (C=O) groups is 3. The van der Waals surface area contributed by atoms with Gasteiger partial charge < -0.3 is 25.1 Å². The fourth-order valence-corrected chi connectivity index (χ4v) is 5.45. The van der Waals surface area contributed by atoms with Crippen molar-refractivity contribution in [2.75, 3.05) is 0 Å². The summed E-state index contributed by atoms with van der Waals surface area (Å²) in [5.41, 5.74) is 0.325. The molecule has 11 nitrogen and oxygen atoms in total. The van der Waals surface area contributed by atoms with Crippen molar-refractivity contribution in [1.82, 2.24) is 5.32 Å². The zero-order chi connectivity index (χ0) is 31.6. The maximum Gasteiger partial charge on any atom is 0.333 e. The highest BCUT2D eigenvalue weighted by molar-refractivity contribution is 5.85. The Morgan fingerprint density at radius 3 is 2.49 bits per heavy atom. The molecule has 1 unspecified atom stereocenters. The first-order chi connectivity index (χ1) is 20.6. The molecule has 0 aromatic heterocycles. The molecular formula is C32H48N2O9. The minimum atomic E-state index is -0.933. The molecule has 1 aromatic carbocycles. The minimum Gasteiger partial charge on any atom is -0.425 e. The number of aliphatic hydroxyl groups is 2. The molecule has 1 aliphatic carbocycles. The molecule has 3 N–H and O–H groups in total. The lowest BCUT2D eigenvalue weighted by Gasteiger charge is -2.22. The maximum absolute atomic E-state index is 12.4. The summed E-state index contributed by atoms with van der Waals surface area (Å²) in [7, 11) is 0. The highest BCUT2D eigenvalue weighted by Crippen LogP contribution is 2.38. The Bertz CT molecular complexity index is 1060. The molecule has 240 valence electrons. The van der Waals surface area contributed by atoms with Gasteiger partial charge in [-0.3, -0.25) is 9.59 Å². The number of rotatable bonds is 21. The van der Waals surface area contributed by atoms with Gasteiger partial charge in [-0.05, 0) is 63.4 Å². The molecule has 0 aliphatic heterocycles. The normalized spacial score (nSPS) is 20.6. The predicted molar refractivity (Wildman–Crippen MR) is 160 cm³/mol. The van der Waals surface area contributed by atoms with Gasteiger partial charge in [0.1, 0.15) is 24.2 Å². The maximum atomic E-state index is 12.4. The van der Waals surface area contributed by atoms with Crippen LogP contribution in [-0.2, 0) is 25.8 Å².